The van der Waals surface area contributed by atoms with Crippen LogP contribution in [0, 0.1) is 5.82 Å². The molecule has 29 heavy (non-hydrogen) atoms. The number of Topliss-reactive ketones (excluding diaryl/α,β-unsaturated/α-hetero) is 1. The largest absolute Gasteiger partial charge is 0.384 e. The Morgan fingerprint density at radius 3 is 2.38 bits per heavy atom. The number of anilines is 2. The molecule has 9 heteroatoms. The number of nitrogen functional groups attached to an aromatic ring is 1. The second-order valence-electron chi connectivity index (χ2n) is 7.37. The molecule has 2 aromatic rings. The van der Waals surface area contributed by atoms with Gasteiger partial charge in [0, 0.05) is 19.3 Å². The van der Waals surface area contributed by atoms with Gasteiger partial charge in [-0.25, -0.2) is 9.18 Å². The highest BCUT2D eigenvalue weighted by Crippen LogP contribution is 2.14. The van der Waals surface area contributed by atoms with Crippen molar-refractivity contribution >= 4 is 17.3 Å². The van der Waals surface area contributed by atoms with Crippen molar-refractivity contribution in [1.82, 2.24) is 9.13 Å². The summed E-state index contributed by atoms with van der Waals surface area (Å²) in [6.07, 6.45) is 0.659. The number of nitrogens with one attached hydrogen (secondary N) is 1. The number of rotatable bonds is 6. The number of carbonyl (C=O) groups excluding carboxylic acids is 1. The maximum atomic E-state index is 13.1. The zero-order valence-corrected chi connectivity index (χ0v) is 16.8. The monoisotopic (exact) mass is 404 g/mol. The molecule has 1 aromatic heterocycles. The first-order valence-electron chi connectivity index (χ1n) is 9.80. The van der Waals surface area contributed by atoms with E-state index in [1.54, 1.807) is 12.1 Å². The SMILES string of the molecule is CCCn1c(N)c(C(=O)C[NH+]2CCN(c3ccc(F)cc3)CC2)c(=O)n(C)c1=O. The molecule has 1 saturated heterocycles. The molecule has 0 unspecified atom stereocenters. The zero-order valence-electron chi connectivity index (χ0n) is 16.8. The Morgan fingerprint density at radius 1 is 1.17 bits per heavy atom. The lowest BCUT2D eigenvalue weighted by Gasteiger charge is -2.33. The molecule has 1 aromatic carbocycles. The number of benzene rings is 1. The molecule has 2 heterocycles. The fourth-order valence-corrected chi connectivity index (χ4v) is 3.71. The Balaban J connectivity index is 1.72. The molecule has 0 bridgehead atoms. The lowest BCUT2D eigenvalue weighted by molar-refractivity contribution is -0.892. The van der Waals surface area contributed by atoms with Crippen molar-refractivity contribution in [3.05, 3.63) is 56.5 Å². The standard InChI is InChI=1S/C20H26FN5O3/c1-3-8-26-18(22)17(19(28)23(2)20(26)29)16(27)13-24-9-11-25(12-10-24)15-6-4-14(21)5-7-15/h4-7H,3,8-13,22H2,1-2H3/p+1. The molecule has 0 aliphatic carbocycles. The highest BCUT2D eigenvalue weighted by atomic mass is 19.1. The zero-order chi connectivity index (χ0) is 21.1. The first kappa shape index (κ1) is 20.8. The van der Waals surface area contributed by atoms with Gasteiger partial charge in [-0.3, -0.25) is 18.7 Å². The first-order chi connectivity index (χ1) is 13.8. The lowest BCUT2D eigenvalue weighted by atomic mass is 10.1. The van der Waals surface area contributed by atoms with E-state index in [1.807, 2.05) is 6.92 Å². The van der Waals surface area contributed by atoms with Crippen LogP contribution in [0.4, 0.5) is 15.9 Å². The molecular formula is C20H27FN5O3+. The number of nitrogens with two attached hydrogens (primary N) is 1. The predicted molar refractivity (Wildman–Crippen MR) is 109 cm³/mol. The van der Waals surface area contributed by atoms with E-state index in [0.717, 1.165) is 28.2 Å². The van der Waals surface area contributed by atoms with E-state index in [-0.39, 0.29) is 29.5 Å². The van der Waals surface area contributed by atoms with Crippen LogP contribution in [0.3, 0.4) is 0 Å². The second-order valence-corrected chi connectivity index (χ2v) is 7.37. The molecule has 0 saturated carbocycles. The number of aromatic nitrogens is 2. The number of ketones is 1. The van der Waals surface area contributed by atoms with Crippen LogP contribution in [0.1, 0.15) is 23.7 Å². The molecule has 8 nitrogen and oxygen atoms in total. The van der Waals surface area contributed by atoms with Crippen molar-refractivity contribution in [3.63, 3.8) is 0 Å². The van der Waals surface area contributed by atoms with Crippen molar-refractivity contribution in [2.45, 2.75) is 19.9 Å². The van der Waals surface area contributed by atoms with Gasteiger partial charge in [-0.05, 0) is 30.7 Å². The van der Waals surface area contributed by atoms with Gasteiger partial charge >= 0.3 is 5.69 Å². The van der Waals surface area contributed by atoms with Crippen LogP contribution in [0.2, 0.25) is 0 Å². The topological polar surface area (TPSA) is 94.8 Å². The Kier molecular flexibility index (Phi) is 6.17. The van der Waals surface area contributed by atoms with Gasteiger partial charge in [0.05, 0.1) is 26.2 Å². The third-order valence-electron chi connectivity index (χ3n) is 5.38. The smallest absolute Gasteiger partial charge is 0.332 e. The number of nitrogens with zero attached hydrogens (tertiary/aromatic N) is 3. The van der Waals surface area contributed by atoms with E-state index in [4.69, 9.17) is 5.73 Å². The summed E-state index contributed by atoms with van der Waals surface area (Å²) < 4.78 is 15.3. The number of carbonyl (C=O) groups is 1. The van der Waals surface area contributed by atoms with Gasteiger partial charge in [0.1, 0.15) is 23.7 Å². The van der Waals surface area contributed by atoms with Crippen molar-refractivity contribution in [2.24, 2.45) is 7.05 Å². The van der Waals surface area contributed by atoms with Gasteiger partial charge in [-0.1, -0.05) is 6.92 Å². The van der Waals surface area contributed by atoms with Crippen molar-refractivity contribution in [1.29, 1.82) is 0 Å². The van der Waals surface area contributed by atoms with Gasteiger partial charge in [0.15, 0.2) is 0 Å². The molecule has 156 valence electrons. The highest BCUT2D eigenvalue weighted by molar-refractivity contribution is 6.00. The third-order valence-corrected chi connectivity index (χ3v) is 5.38. The second kappa shape index (κ2) is 8.60. The van der Waals surface area contributed by atoms with E-state index in [9.17, 15) is 18.8 Å². The molecule has 3 rings (SSSR count). The Bertz CT molecular complexity index is 1000. The molecule has 0 spiro atoms. The highest BCUT2D eigenvalue weighted by Gasteiger charge is 2.27. The average Bonchev–Trinajstić information content (AvgIpc) is 2.71. The molecule has 3 N–H and O–H groups in total. The van der Waals surface area contributed by atoms with E-state index in [1.165, 1.54) is 23.7 Å². The van der Waals surface area contributed by atoms with E-state index in [2.05, 4.69) is 4.90 Å². The summed E-state index contributed by atoms with van der Waals surface area (Å²) in [6.45, 7) is 5.23. The van der Waals surface area contributed by atoms with E-state index < -0.39 is 11.2 Å². The quantitative estimate of drug-likeness (QED) is 0.619. The minimum Gasteiger partial charge on any atom is -0.384 e. The third kappa shape index (κ3) is 4.24. The molecule has 0 atom stereocenters. The summed E-state index contributed by atoms with van der Waals surface area (Å²) in [6, 6.07) is 6.35. The number of hydrogen-bond donors (Lipinski definition) is 2. The number of quaternary nitrogens is 1. The van der Waals surface area contributed by atoms with Crippen LogP contribution < -0.4 is 26.8 Å². The lowest BCUT2D eigenvalue weighted by Crippen LogP contribution is -3.15. The summed E-state index contributed by atoms with van der Waals surface area (Å²) in [5, 5.41) is 0. The average molecular weight is 404 g/mol. The minimum atomic E-state index is -0.644. The Labute approximate surface area is 168 Å². The van der Waals surface area contributed by atoms with Crippen molar-refractivity contribution in [2.75, 3.05) is 43.4 Å². The summed E-state index contributed by atoms with van der Waals surface area (Å²) in [5.41, 5.74) is 5.73. The molecule has 0 radical (unpaired) electrons. The maximum absolute atomic E-state index is 13.1. The van der Waals surface area contributed by atoms with Crippen LogP contribution in [-0.4, -0.2) is 47.6 Å². The molecule has 1 aliphatic heterocycles. The van der Waals surface area contributed by atoms with Gasteiger partial charge in [0.25, 0.3) is 5.56 Å². The Hall–Kier alpha value is -2.94. The molecular weight excluding hydrogens is 377 g/mol. The summed E-state index contributed by atoms with van der Waals surface area (Å²) >= 11 is 0. The fraction of sp³-hybridized carbons (Fsp3) is 0.450. The van der Waals surface area contributed by atoms with Crippen LogP contribution in [0.5, 0.6) is 0 Å². The van der Waals surface area contributed by atoms with E-state index >= 15 is 0 Å². The van der Waals surface area contributed by atoms with Crippen molar-refractivity contribution in [3.8, 4) is 0 Å². The molecule has 1 fully saturated rings. The Morgan fingerprint density at radius 2 is 1.79 bits per heavy atom. The summed E-state index contributed by atoms with van der Waals surface area (Å²) in [7, 11) is 1.36. The number of hydrogen-bond acceptors (Lipinski definition) is 5. The van der Waals surface area contributed by atoms with Crippen LogP contribution >= 0.6 is 0 Å². The van der Waals surface area contributed by atoms with Gasteiger partial charge in [-0.15, -0.1) is 0 Å². The maximum Gasteiger partial charge on any atom is 0.332 e. The first-order valence-corrected chi connectivity index (χ1v) is 9.80. The van der Waals surface area contributed by atoms with Gasteiger partial charge in [0.2, 0.25) is 5.78 Å². The normalized spacial score (nSPS) is 14.9. The minimum absolute atomic E-state index is 0.0469. The summed E-state index contributed by atoms with van der Waals surface area (Å²) in [4.78, 5) is 40.8. The fourth-order valence-electron chi connectivity index (χ4n) is 3.71. The van der Waals surface area contributed by atoms with E-state index in [0.29, 0.717) is 26.1 Å². The van der Waals surface area contributed by atoms with Crippen LogP contribution in [0.15, 0.2) is 33.9 Å². The van der Waals surface area contributed by atoms with Gasteiger partial charge < -0.3 is 15.5 Å². The number of piperazine rings is 1. The molecule has 0 amide bonds. The van der Waals surface area contributed by atoms with Gasteiger partial charge in [-0.2, -0.15) is 0 Å². The summed E-state index contributed by atoms with van der Waals surface area (Å²) in [5.74, 6) is -0.667. The molecule has 1 aliphatic rings. The van der Waals surface area contributed by atoms with Crippen LogP contribution in [0.25, 0.3) is 0 Å². The van der Waals surface area contributed by atoms with Crippen LogP contribution in [-0.2, 0) is 13.6 Å². The number of halogens is 1. The van der Waals surface area contributed by atoms with Crippen molar-refractivity contribution < 1.29 is 14.1 Å². The predicted octanol–water partition coefficient (Wildman–Crippen LogP) is -0.734.